The molecule has 0 aromatic heterocycles. The Hall–Kier alpha value is -2.43. The largest absolute Gasteiger partial charge is 0.487 e. The van der Waals surface area contributed by atoms with Crippen LogP contribution in [0.2, 0.25) is 0 Å². The molecule has 0 saturated carbocycles. The summed E-state index contributed by atoms with van der Waals surface area (Å²) in [5.74, 6) is -4.63. The molecule has 0 spiro atoms. The number of nitrogens with one attached hydrogen (secondary N) is 2. The highest BCUT2D eigenvalue weighted by molar-refractivity contribution is 8.77. The van der Waals surface area contributed by atoms with Gasteiger partial charge in [0.15, 0.2) is 12.7 Å². The Bertz CT molecular complexity index is 1530. The number of rotatable bonds is 24. The number of aliphatic hydroxyl groups excluding tert-OH is 10. The van der Waals surface area contributed by atoms with Crippen molar-refractivity contribution in [3.63, 3.8) is 0 Å². The number of carbonyl (C=O) groups excluding carboxylic acids is 1. The number of anilines is 2. The molecule has 61 heavy (non-hydrogen) atoms. The molecule has 4 rings (SSSR count). The van der Waals surface area contributed by atoms with Crippen LogP contribution in [0.4, 0.5) is 11.4 Å². The molecule has 23 heteroatoms. The van der Waals surface area contributed by atoms with Crippen LogP contribution >= 0.6 is 21.6 Å². The smallest absolute Gasteiger partial charge is 0.364 e. The van der Waals surface area contributed by atoms with Gasteiger partial charge >= 0.3 is 5.97 Å². The molecule has 13 N–H and O–H groups in total. The van der Waals surface area contributed by atoms with Crippen molar-refractivity contribution in [3.8, 4) is 0 Å². The number of ether oxygens (including phenoxy) is 5. The molecule has 348 valence electrons. The summed E-state index contributed by atoms with van der Waals surface area (Å²) in [6.45, 7) is -1.27. The maximum atomic E-state index is 12.8. The molecular formula is C38H61N3O18S2. The minimum absolute atomic E-state index is 0.0556. The Morgan fingerprint density at radius 3 is 2.41 bits per heavy atom. The Morgan fingerprint density at radius 1 is 1.05 bits per heavy atom. The van der Waals surface area contributed by atoms with E-state index in [0.717, 1.165) is 31.4 Å². The van der Waals surface area contributed by atoms with Crippen LogP contribution in [0.5, 0.6) is 0 Å². The molecule has 15 unspecified atom stereocenters. The first-order valence-electron chi connectivity index (χ1n) is 20.0. The van der Waals surface area contributed by atoms with Gasteiger partial charge in [0, 0.05) is 47.7 Å². The number of carboxylic acids is 1. The van der Waals surface area contributed by atoms with E-state index in [2.05, 4.69) is 15.6 Å². The first kappa shape index (κ1) is 51.2. The van der Waals surface area contributed by atoms with Gasteiger partial charge in [-0.1, -0.05) is 41.0 Å². The van der Waals surface area contributed by atoms with Crippen LogP contribution in [0.15, 0.2) is 29.3 Å². The number of hydrogen-bond acceptors (Lipinski definition) is 21. The highest BCUT2D eigenvalue weighted by Crippen LogP contribution is 2.40. The number of aliphatic imine (C=N–C) groups is 1. The van der Waals surface area contributed by atoms with Crippen LogP contribution in [-0.4, -0.2) is 204 Å². The fourth-order valence-electron chi connectivity index (χ4n) is 7.19. The van der Waals surface area contributed by atoms with Gasteiger partial charge in [0.2, 0.25) is 5.91 Å². The zero-order valence-electron chi connectivity index (χ0n) is 33.9. The summed E-state index contributed by atoms with van der Waals surface area (Å²) in [5.41, 5.74) is 1.13. The lowest BCUT2D eigenvalue weighted by Gasteiger charge is -2.49. The second-order valence-corrected chi connectivity index (χ2v) is 18.1. The molecule has 21 nitrogen and oxygen atoms in total. The summed E-state index contributed by atoms with van der Waals surface area (Å²) < 4.78 is 27.5. The Morgan fingerprint density at radius 2 is 1.77 bits per heavy atom. The molecule has 3 aliphatic rings. The Labute approximate surface area is 360 Å². The second kappa shape index (κ2) is 24.6. The molecule has 1 aromatic rings. The topological polar surface area (TPSA) is 339 Å². The average Bonchev–Trinajstić information content (AvgIpc) is 3.77. The zero-order chi connectivity index (χ0) is 44.9. The molecule has 3 fully saturated rings. The third kappa shape index (κ3) is 13.8. The van der Waals surface area contributed by atoms with Crippen molar-refractivity contribution in [2.45, 2.75) is 136 Å². The maximum absolute atomic E-state index is 12.8. The highest BCUT2D eigenvalue weighted by Gasteiger charge is 2.59. The summed E-state index contributed by atoms with van der Waals surface area (Å²) in [7, 11) is 5.01. The molecule has 16 atom stereocenters. The lowest BCUT2D eigenvalue weighted by atomic mass is 9.88. The van der Waals surface area contributed by atoms with E-state index in [1.807, 2.05) is 21.6 Å². The molecule has 0 aliphatic carbocycles. The number of carbonyl (C=O) groups is 2. The standard InChI is InChI=1S/C38H61N3O18S2/c1-19(14-39-20-6-5-7-21(12-20)41-27(48)9-4-3-8-22-10-11-60-61-22)29(49)33(25(47)16-43)57-36-32(52)35(31(51)26(17-44)56-36)59-38(37(53)54)13-23(45)28(40-18-55-2)34(58-38)30(50)24(46)15-42/h5-7,12,18-19,22-26,28-36,39,42-47,49-52H,3-4,8-11,13-17H2,1-2H3,(H,41,48)(H,53,54)/t19?,22?,23?,24?,25?,26?,28?,29?,30?,31?,32-,33?,34?,35?,36?,38?/m0/s1. The van der Waals surface area contributed by atoms with E-state index in [-0.39, 0.29) is 12.5 Å². The third-order valence-electron chi connectivity index (χ3n) is 10.7. The zero-order valence-corrected chi connectivity index (χ0v) is 35.5. The molecule has 3 heterocycles. The summed E-state index contributed by atoms with van der Waals surface area (Å²) in [6, 6.07) is 5.42. The van der Waals surface area contributed by atoms with E-state index < -0.39 is 123 Å². The van der Waals surface area contributed by atoms with Gasteiger partial charge in [0.1, 0.15) is 61.0 Å². The number of aliphatic carboxylic acids is 1. The van der Waals surface area contributed by atoms with Crippen LogP contribution in [0, 0.1) is 5.92 Å². The number of carboxylic acid groups (broad SMARTS) is 1. The van der Waals surface area contributed by atoms with Gasteiger partial charge in [-0.3, -0.25) is 4.79 Å². The number of unbranched alkanes of at least 4 members (excludes halogenated alkanes) is 1. The second-order valence-electron chi connectivity index (χ2n) is 15.3. The number of benzene rings is 1. The van der Waals surface area contributed by atoms with Crippen molar-refractivity contribution < 1.29 is 89.4 Å². The van der Waals surface area contributed by atoms with Crippen molar-refractivity contribution in [1.82, 2.24) is 0 Å². The van der Waals surface area contributed by atoms with E-state index in [4.69, 9.17) is 23.7 Å². The average molecular weight is 912 g/mol. The normalized spacial score (nSPS) is 32.4. The molecule has 1 amide bonds. The fourth-order valence-corrected chi connectivity index (χ4v) is 10.2. The Kier molecular flexibility index (Phi) is 20.6. The molecule has 1 aromatic carbocycles. The molecule has 3 saturated heterocycles. The van der Waals surface area contributed by atoms with E-state index in [1.165, 1.54) is 13.5 Å². The van der Waals surface area contributed by atoms with Gasteiger partial charge in [-0.2, -0.15) is 0 Å². The van der Waals surface area contributed by atoms with Crippen molar-refractivity contribution in [3.05, 3.63) is 24.3 Å². The lowest BCUT2D eigenvalue weighted by molar-refractivity contribution is -0.376. The van der Waals surface area contributed by atoms with Gasteiger partial charge in [0.25, 0.3) is 5.79 Å². The predicted molar refractivity (Wildman–Crippen MR) is 221 cm³/mol. The summed E-state index contributed by atoms with van der Waals surface area (Å²) in [6.07, 6.45) is -18.4. The molecule has 0 radical (unpaired) electrons. The van der Waals surface area contributed by atoms with E-state index >= 15 is 0 Å². The SMILES string of the molecule is COC=NC1C(O)CC(OC2C(O)C(CO)OC(OC(C(O)CO)C(O)C(C)CNc3cccc(NC(=O)CCCCC4CCSS4)c3)[C@H]2O)(C(=O)O)OC1C(O)C(O)CO. The number of aliphatic hydroxyl groups is 10. The maximum Gasteiger partial charge on any atom is 0.364 e. The quantitative estimate of drug-likeness (QED) is 0.0231. The van der Waals surface area contributed by atoms with Gasteiger partial charge < -0.3 is 90.5 Å². The molecule has 3 aliphatic heterocycles. The first-order valence-corrected chi connectivity index (χ1v) is 22.4. The van der Waals surface area contributed by atoms with Crippen molar-refractivity contribution in [2.75, 3.05) is 49.9 Å². The van der Waals surface area contributed by atoms with E-state index in [0.29, 0.717) is 23.0 Å². The number of methoxy groups -OCH3 is 1. The minimum Gasteiger partial charge on any atom is -0.487 e. The van der Waals surface area contributed by atoms with Gasteiger partial charge in [-0.15, -0.1) is 0 Å². The van der Waals surface area contributed by atoms with Crippen molar-refractivity contribution >= 4 is 51.2 Å². The van der Waals surface area contributed by atoms with Gasteiger partial charge in [-0.05, 0) is 37.5 Å². The number of amides is 1. The molecular weight excluding hydrogens is 851 g/mol. The van der Waals surface area contributed by atoms with Crippen LogP contribution in [-0.2, 0) is 33.3 Å². The minimum atomic E-state index is -3.00. The summed E-state index contributed by atoms with van der Waals surface area (Å²) in [5, 5.41) is 123. The van der Waals surface area contributed by atoms with E-state index in [1.54, 1.807) is 31.2 Å². The van der Waals surface area contributed by atoms with Crippen molar-refractivity contribution in [1.29, 1.82) is 0 Å². The van der Waals surface area contributed by atoms with Gasteiger partial charge in [-0.25, -0.2) is 9.79 Å². The summed E-state index contributed by atoms with van der Waals surface area (Å²) >= 11 is 0. The number of hydrogen-bond donors (Lipinski definition) is 13. The van der Waals surface area contributed by atoms with Gasteiger partial charge in [0.05, 0.1) is 39.1 Å². The monoisotopic (exact) mass is 911 g/mol. The van der Waals surface area contributed by atoms with Crippen molar-refractivity contribution in [2.24, 2.45) is 10.9 Å². The lowest BCUT2D eigenvalue weighted by Crippen LogP contribution is -2.68. The van der Waals surface area contributed by atoms with Crippen LogP contribution < -0.4 is 10.6 Å². The predicted octanol–water partition coefficient (Wildman–Crippen LogP) is -2.00. The third-order valence-corrected chi connectivity index (χ3v) is 13.7. The Balaban J connectivity index is 1.45. The first-order chi connectivity index (χ1) is 29.1. The highest BCUT2D eigenvalue weighted by atomic mass is 33.1. The molecule has 0 bridgehead atoms. The van der Waals surface area contributed by atoms with Crippen LogP contribution in [0.25, 0.3) is 0 Å². The van der Waals surface area contributed by atoms with E-state index in [9.17, 15) is 65.8 Å². The van der Waals surface area contributed by atoms with Crippen LogP contribution in [0.3, 0.4) is 0 Å². The number of nitrogens with zero attached hydrogens (tertiary/aromatic N) is 1. The summed E-state index contributed by atoms with van der Waals surface area (Å²) in [4.78, 5) is 29.4. The fraction of sp³-hybridized carbons (Fsp3) is 0.763. The van der Waals surface area contributed by atoms with Crippen LogP contribution in [0.1, 0.15) is 45.4 Å².